The SMILES string of the molecule is CCC1CCCC(Oc2cc(C)ccc2C#N)C1. The van der Waals surface area contributed by atoms with Crippen LogP contribution in [0.4, 0.5) is 0 Å². The van der Waals surface area contributed by atoms with Crippen molar-refractivity contribution in [1.29, 1.82) is 5.26 Å². The summed E-state index contributed by atoms with van der Waals surface area (Å²) < 4.78 is 6.07. The fourth-order valence-electron chi connectivity index (χ4n) is 2.72. The first kappa shape index (κ1) is 13.0. The molecule has 1 fully saturated rings. The van der Waals surface area contributed by atoms with Gasteiger partial charge in [-0.15, -0.1) is 0 Å². The lowest BCUT2D eigenvalue weighted by atomic mass is 9.85. The normalized spacial score (nSPS) is 23.4. The molecule has 18 heavy (non-hydrogen) atoms. The molecule has 0 bridgehead atoms. The van der Waals surface area contributed by atoms with Gasteiger partial charge in [0, 0.05) is 0 Å². The molecule has 0 aromatic heterocycles. The average Bonchev–Trinajstić information content (AvgIpc) is 2.39. The second-order valence-corrected chi connectivity index (χ2v) is 5.29. The molecule has 0 N–H and O–H groups in total. The third-order valence-electron chi connectivity index (χ3n) is 3.86. The summed E-state index contributed by atoms with van der Waals surface area (Å²) in [5.74, 6) is 1.55. The minimum atomic E-state index is 0.289. The number of aryl methyl sites for hydroxylation is 1. The third-order valence-corrected chi connectivity index (χ3v) is 3.86. The van der Waals surface area contributed by atoms with Crippen LogP contribution in [0.5, 0.6) is 5.75 Å². The highest BCUT2D eigenvalue weighted by Crippen LogP contribution is 2.31. The van der Waals surface area contributed by atoms with E-state index in [1.54, 1.807) is 0 Å². The number of rotatable bonds is 3. The second-order valence-electron chi connectivity index (χ2n) is 5.29. The molecule has 96 valence electrons. The van der Waals surface area contributed by atoms with Gasteiger partial charge in [-0.05, 0) is 49.8 Å². The van der Waals surface area contributed by atoms with Crippen LogP contribution in [0.25, 0.3) is 0 Å². The summed E-state index contributed by atoms with van der Waals surface area (Å²) in [6.07, 6.45) is 6.35. The Morgan fingerprint density at radius 2 is 2.22 bits per heavy atom. The van der Waals surface area contributed by atoms with Crippen LogP contribution in [0.15, 0.2) is 18.2 Å². The van der Waals surface area contributed by atoms with Crippen LogP contribution < -0.4 is 4.74 Å². The molecule has 1 aromatic rings. The molecule has 2 rings (SSSR count). The molecule has 1 aliphatic rings. The van der Waals surface area contributed by atoms with Gasteiger partial charge in [0.1, 0.15) is 11.8 Å². The maximum absolute atomic E-state index is 9.11. The smallest absolute Gasteiger partial charge is 0.137 e. The molecule has 0 saturated heterocycles. The quantitative estimate of drug-likeness (QED) is 0.796. The van der Waals surface area contributed by atoms with E-state index < -0.39 is 0 Å². The first-order valence-electron chi connectivity index (χ1n) is 6.90. The summed E-state index contributed by atoms with van der Waals surface area (Å²) in [5, 5.41) is 9.11. The van der Waals surface area contributed by atoms with Gasteiger partial charge in [0.2, 0.25) is 0 Å². The first-order chi connectivity index (χ1) is 8.72. The largest absolute Gasteiger partial charge is 0.489 e. The van der Waals surface area contributed by atoms with Gasteiger partial charge in [-0.1, -0.05) is 25.8 Å². The monoisotopic (exact) mass is 243 g/mol. The Kier molecular flexibility index (Phi) is 4.25. The summed E-state index contributed by atoms with van der Waals surface area (Å²) in [6.45, 7) is 4.28. The molecule has 2 heteroatoms. The van der Waals surface area contributed by atoms with Gasteiger partial charge in [0.05, 0.1) is 11.7 Å². The van der Waals surface area contributed by atoms with Crippen LogP contribution in [-0.4, -0.2) is 6.10 Å². The summed E-state index contributed by atoms with van der Waals surface area (Å²) >= 11 is 0. The van der Waals surface area contributed by atoms with Crippen molar-refractivity contribution in [3.8, 4) is 11.8 Å². The van der Waals surface area contributed by atoms with Gasteiger partial charge < -0.3 is 4.74 Å². The Morgan fingerprint density at radius 3 is 2.94 bits per heavy atom. The van der Waals surface area contributed by atoms with E-state index in [4.69, 9.17) is 10.00 Å². The summed E-state index contributed by atoms with van der Waals surface area (Å²) in [6, 6.07) is 8.00. The highest BCUT2D eigenvalue weighted by atomic mass is 16.5. The number of nitriles is 1. The van der Waals surface area contributed by atoms with E-state index in [0.29, 0.717) is 5.56 Å². The fourth-order valence-corrected chi connectivity index (χ4v) is 2.72. The maximum atomic E-state index is 9.11. The van der Waals surface area contributed by atoms with E-state index in [9.17, 15) is 0 Å². The molecular formula is C16H21NO. The average molecular weight is 243 g/mol. The second kappa shape index (κ2) is 5.91. The van der Waals surface area contributed by atoms with Crippen LogP contribution in [-0.2, 0) is 0 Å². The Balaban J connectivity index is 2.09. The van der Waals surface area contributed by atoms with Crippen molar-refractivity contribution in [1.82, 2.24) is 0 Å². The molecule has 0 amide bonds. The minimum absolute atomic E-state index is 0.289. The van der Waals surface area contributed by atoms with E-state index >= 15 is 0 Å². The molecule has 0 spiro atoms. The number of nitrogens with zero attached hydrogens (tertiary/aromatic N) is 1. The Labute approximate surface area is 110 Å². The van der Waals surface area contributed by atoms with Crippen LogP contribution in [0, 0.1) is 24.2 Å². The number of hydrogen-bond acceptors (Lipinski definition) is 2. The van der Waals surface area contributed by atoms with E-state index in [1.165, 1.54) is 19.3 Å². The molecular weight excluding hydrogens is 222 g/mol. The predicted octanol–water partition coefficient (Wildman–Crippen LogP) is 4.21. The third kappa shape index (κ3) is 3.04. The molecule has 0 radical (unpaired) electrons. The summed E-state index contributed by atoms with van der Waals surface area (Å²) in [5.41, 5.74) is 1.80. The van der Waals surface area contributed by atoms with E-state index in [0.717, 1.165) is 30.1 Å². The van der Waals surface area contributed by atoms with E-state index in [1.807, 2.05) is 25.1 Å². The van der Waals surface area contributed by atoms with E-state index in [2.05, 4.69) is 13.0 Å². The van der Waals surface area contributed by atoms with Gasteiger partial charge in [0.15, 0.2) is 0 Å². The van der Waals surface area contributed by atoms with Crippen LogP contribution in [0.2, 0.25) is 0 Å². The molecule has 2 atom stereocenters. The zero-order valence-corrected chi connectivity index (χ0v) is 11.3. The lowest BCUT2D eigenvalue weighted by Crippen LogP contribution is -2.25. The molecule has 1 saturated carbocycles. The van der Waals surface area contributed by atoms with E-state index in [-0.39, 0.29) is 6.10 Å². The molecule has 1 aromatic carbocycles. The van der Waals surface area contributed by atoms with Gasteiger partial charge in [-0.3, -0.25) is 0 Å². The number of benzene rings is 1. The maximum Gasteiger partial charge on any atom is 0.137 e. The van der Waals surface area contributed by atoms with Gasteiger partial charge >= 0.3 is 0 Å². The minimum Gasteiger partial charge on any atom is -0.489 e. The summed E-state index contributed by atoms with van der Waals surface area (Å²) in [4.78, 5) is 0. The molecule has 0 heterocycles. The highest BCUT2D eigenvalue weighted by molar-refractivity contribution is 5.45. The Morgan fingerprint density at radius 1 is 1.39 bits per heavy atom. The summed E-state index contributed by atoms with van der Waals surface area (Å²) in [7, 11) is 0. The zero-order chi connectivity index (χ0) is 13.0. The van der Waals surface area contributed by atoms with Gasteiger partial charge in [-0.25, -0.2) is 0 Å². The molecule has 1 aliphatic carbocycles. The van der Waals surface area contributed by atoms with Crippen molar-refractivity contribution in [3.05, 3.63) is 29.3 Å². The predicted molar refractivity (Wildman–Crippen MR) is 72.6 cm³/mol. The molecule has 2 unspecified atom stereocenters. The van der Waals surface area contributed by atoms with Crippen molar-refractivity contribution in [2.45, 2.75) is 52.1 Å². The lowest BCUT2D eigenvalue weighted by molar-refractivity contribution is 0.121. The van der Waals surface area contributed by atoms with Gasteiger partial charge in [-0.2, -0.15) is 5.26 Å². The number of hydrogen-bond donors (Lipinski definition) is 0. The van der Waals surface area contributed by atoms with Crippen LogP contribution in [0.3, 0.4) is 0 Å². The topological polar surface area (TPSA) is 33.0 Å². The van der Waals surface area contributed by atoms with Gasteiger partial charge in [0.25, 0.3) is 0 Å². The lowest BCUT2D eigenvalue weighted by Gasteiger charge is -2.29. The first-order valence-corrected chi connectivity index (χ1v) is 6.90. The van der Waals surface area contributed by atoms with Crippen LogP contribution >= 0.6 is 0 Å². The fraction of sp³-hybridized carbons (Fsp3) is 0.562. The highest BCUT2D eigenvalue weighted by Gasteiger charge is 2.22. The Bertz CT molecular complexity index is 447. The van der Waals surface area contributed by atoms with Crippen molar-refractivity contribution in [2.24, 2.45) is 5.92 Å². The van der Waals surface area contributed by atoms with Crippen molar-refractivity contribution in [2.75, 3.05) is 0 Å². The van der Waals surface area contributed by atoms with Crippen molar-refractivity contribution in [3.63, 3.8) is 0 Å². The van der Waals surface area contributed by atoms with Crippen molar-refractivity contribution < 1.29 is 4.74 Å². The van der Waals surface area contributed by atoms with Crippen molar-refractivity contribution >= 4 is 0 Å². The Hall–Kier alpha value is -1.49. The number of ether oxygens (including phenoxy) is 1. The molecule has 2 nitrogen and oxygen atoms in total. The standard InChI is InChI=1S/C16H21NO/c1-3-13-5-4-6-15(10-13)18-16-9-12(2)7-8-14(16)11-17/h7-9,13,15H,3-6,10H2,1-2H3. The zero-order valence-electron chi connectivity index (χ0n) is 11.3. The van der Waals surface area contributed by atoms with Crippen LogP contribution in [0.1, 0.15) is 50.2 Å². The molecule has 0 aliphatic heterocycles.